The van der Waals surface area contributed by atoms with Gasteiger partial charge in [0.15, 0.2) is 0 Å². The van der Waals surface area contributed by atoms with E-state index in [-0.39, 0.29) is 11.8 Å². The molecule has 1 aliphatic rings. The maximum Gasteiger partial charge on any atom is 0.251 e. The molecule has 1 aliphatic carbocycles. The summed E-state index contributed by atoms with van der Waals surface area (Å²) in [5.74, 6) is 0.371. The van der Waals surface area contributed by atoms with Crippen molar-refractivity contribution in [1.82, 2.24) is 5.32 Å². The Kier molecular flexibility index (Phi) is 6.45. The summed E-state index contributed by atoms with van der Waals surface area (Å²) in [4.78, 5) is 25.4. The van der Waals surface area contributed by atoms with Crippen molar-refractivity contribution >= 4 is 29.1 Å². The van der Waals surface area contributed by atoms with E-state index in [0.29, 0.717) is 29.4 Å². The van der Waals surface area contributed by atoms with Gasteiger partial charge in [-0.2, -0.15) is 0 Å². The van der Waals surface area contributed by atoms with Crippen molar-refractivity contribution in [3.8, 4) is 5.75 Å². The lowest BCUT2D eigenvalue weighted by Gasteiger charge is -2.18. The topological polar surface area (TPSA) is 76.7 Å². The van der Waals surface area contributed by atoms with Gasteiger partial charge in [-0.25, -0.2) is 0 Å². The van der Waals surface area contributed by atoms with Gasteiger partial charge in [-0.05, 0) is 55.2 Å². The number of hydrogen-bond donors (Lipinski definition) is 2. The largest absolute Gasteiger partial charge is 0.496 e. The molecule has 2 aromatic carbocycles. The summed E-state index contributed by atoms with van der Waals surface area (Å²) in [5.41, 5.74) is 2.18. The molecule has 0 aromatic heterocycles. The summed E-state index contributed by atoms with van der Waals surface area (Å²) < 4.78 is 10.3. The van der Waals surface area contributed by atoms with E-state index in [1.54, 1.807) is 32.4 Å². The fraction of sp³-hybridized carbons (Fsp3) is 0.364. The predicted octanol–water partition coefficient (Wildman–Crippen LogP) is 3.70. The molecule has 3 rings (SSSR count). The summed E-state index contributed by atoms with van der Waals surface area (Å²) >= 11 is 6.27. The zero-order valence-electron chi connectivity index (χ0n) is 16.8. The first-order valence-corrected chi connectivity index (χ1v) is 9.82. The Morgan fingerprint density at radius 1 is 1.14 bits per heavy atom. The Morgan fingerprint density at radius 3 is 2.55 bits per heavy atom. The third-order valence-corrected chi connectivity index (χ3v) is 5.54. The van der Waals surface area contributed by atoms with Gasteiger partial charge in [0, 0.05) is 19.2 Å². The fourth-order valence-corrected chi connectivity index (χ4v) is 3.43. The van der Waals surface area contributed by atoms with Gasteiger partial charge < -0.3 is 20.1 Å². The van der Waals surface area contributed by atoms with E-state index in [2.05, 4.69) is 10.6 Å². The van der Waals surface area contributed by atoms with Crippen molar-refractivity contribution in [1.29, 1.82) is 0 Å². The highest BCUT2D eigenvalue weighted by Crippen LogP contribution is 2.50. The third kappa shape index (κ3) is 4.54. The molecule has 0 atom stereocenters. The number of carbonyl (C=O) groups is 2. The average Bonchev–Trinajstić information content (AvgIpc) is 3.52. The lowest BCUT2D eigenvalue weighted by Crippen LogP contribution is -2.29. The first-order valence-electron chi connectivity index (χ1n) is 9.44. The van der Waals surface area contributed by atoms with Gasteiger partial charge in [0.2, 0.25) is 5.91 Å². The van der Waals surface area contributed by atoms with Crippen LogP contribution in [0.15, 0.2) is 36.4 Å². The summed E-state index contributed by atoms with van der Waals surface area (Å²) in [6, 6.07) is 10.7. The molecule has 2 aromatic rings. The van der Waals surface area contributed by atoms with Gasteiger partial charge >= 0.3 is 0 Å². The van der Waals surface area contributed by atoms with E-state index in [0.717, 1.165) is 29.7 Å². The molecule has 29 heavy (non-hydrogen) atoms. The van der Waals surface area contributed by atoms with Crippen LogP contribution in [0.25, 0.3) is 0 Å². The molecular formula is C22H25ClN2O4. The SMILES string of the molecule is COCCNC(=O)c1ccc(Cl)c(NC(=O)C2(c3ccc(C)c(OC)c3)CC2)c1. The molecule has 154 valence electrons. The molecule has 0 aliphatic heterocycles. The normalized spacial score (nSPS) is 14.2. The molecule has 2 N–H and O–H groups in total. The Morgan fingerprint density at radius 2 is 1.90 bits per heavy atom. The van der Waals surface area contributed by atoms with Crippen molar-refractivity contribution in [3.05, 3.63) is 58.1 Å². The van der Waals surface area contributed by atoms with E-state index in [1.807, 2.05) is 25.1 Å². The monoisotopic (exact) mass is 416 g/mol. The van der Waals surface area contributed by atoms with Gasteiger partial charge in [-0.1, -0.05) is 23.7 Å². The smallest absolute Gasteiger partial charge is 0.251 e. The molecule has 2 amide bonds. The molecular weight excluding hydrogens is 392 g/mol. The van der Waals surface area contributed by atoms with Crippen LogP contribution in [0.2, 0.25) is 5.02 Å². The van der Waals surface area contributed by atoms with Crippen molar-refractivity contribution < 1.29 is 19.1 Å². The maximum absolute atomic E-state index is 13.1. The van der Waals surface area contributed by atoms with Gasteiger partial charge in [0.05, 0.1) is 29.8 Å². The minimum atomic E-state index is -0.596. The number of aryl methyl sites for hydroxylation is 1. The molecule has 7 heteroatoms. The highest BCUT2D eigenvalue weighted by molar-refractivity contribution is 6.34. The number of halogens is 1. The lowest BCUT2D eigenvalue weighted by molar-refractivity contribution is -0.118. The van der Waals surface area contributed by atoms with Crippen LogP contribution in [-0.2, 0) is 14.9 Å². The second-order valence-corrected chi connectivity index (χ2v) is 7.57. The molecule has 0 heterocycles. The van der Waals surface area contributed by atoms with Crippen molar-refractivity contribution in [2.24, 2.45) is 0 Å². The Bertz CT molecular complexity index is 925. The third-order valence-electron chi connectivity index (χ3n) is 5.21. The Balaban J connectivity index is 1.78. The molecule has 1 fully saturated rings. The van der Waals surface area contributed by atoms with E-state index in [9.17, 15) is 9.59 Å². The number of ether oxygens (including phenoxy) is 2. The van der Waals surface area contributed by atoms with Crippen LogP contribution in [0.3, 0.4) is 0 Å². The van der Waals surface area contributed by atoms with Crippen LogP contribution in [0.5, 0.6) is 5.75 Å². The second-order valence-electron chi connectivity index (χ2n) is 7.16. The van der Waals surface area contributed by atoms with Crippen LogP contribution < -0.4 is 15.4 Å². The first-order chi connectivity index (χ1) is 13.9. The van der Waals surface area contributed by atoms with Gasteiger partial charge in [0.25, 0.3) is 5.91 Å². The zero-order chi connectivity index (χ0) is 21.0. The molecule has 6 nitrogen and oxygen atoms in total. The van der Waals surface area contributed by atoms with Crippen LogP contribution in [0, 0.1) is 6.92 Å². The number of anilines is 1. The lowest BCUT2D eigenvalue weighted by atomic mass is 9.93. The van der Waals surface area contributed by atoms with Crippen LogP contribution in [-0.4, -0.2) is 39.2 Å². The van der Waals surface area contributed by atoms with Gasteiger partial charge in [-0.15, -0.1) is 0 Å². The quantitative estimate of drug-likeness (QED) is 0.643. The van der Waals surface area contributed by atoms with Crippen LogP contribution in [0.4, 0.5) is 5.69 Å². The molecule has 0 spiro atoms. The van der Waals surface area contributed by atoms with E-state index in [4.69, 9.17) is 21.1 Å². The second kappa shape index (κ2) is 8.84. The van der Waals surface area contributed by atoms with Gasteiger partial charge in [-0.3, -0.25) is 9.59 Å². The van der Waals surface area contributed by atoms with E-state index in [1.165, 1.54) is 0 Å². The Hall–Kier alpha value is -2.57. The zero-order valence-corrected chi connectivity index (χ0v) is 17.6. The summed E-state index contributed by atoms with van der Waals surface area (Å²) in [5, 5.41) is 6.04. The molecule has 0 saturated heterocycles. The maximum atomic E-state index is 13.1. The van der Waals surface area contributed by atoms with Crippen LogP contribution in [0.1, 0.15) is 34.3 Å². The highest BCUT2D eigenvalue weighted by atomic mass is 35.5. The number of benzene rings is 2. The molecule has 1 saturated carbocycles. The van der Waals surface area contributed by atoms with Crippen molar-refractivity contribution in [3.63, 3.8) is 0 Å². The number of amides is 2. The number of methoxy groups -OCH3 is 2. The minimum Gasteiger partial charge on any atom is -0.496 e. The average molecular weight is 417 g/mol. The summed E-state index contributed by atoms with van der Waals surface area (Å²) in [6.45, 7) is 2.79. The number of carbonyl (C=O) groups excluding carboxylic acids is 2. The van der Waals surface area contributed by atoms with Crippen molar-refractivity contribution in [2.45, 2.75) is 25.2 Å². The first kappa shape index (κ1) is 21.1. The Labute approximate surface area is 175 Å². The van der Waals surface area contributed by atoms with E-state index >= 15 is 0 Å². The van der Waals surface area contributed by atoms with Crippen LogP contribution >= 0.6 is 11.6 Å². The fourth-order valence-electron chi connectivity index (χ4n) is 3.26. The standard InChI is InChI=1S/C22H25ClN2O4/c1-14-4-6-16(13-19(14)29-3)22(8-9-22)21(27)25-18-12-15(5-7-17(18)23)20(26)24-10-11-28-2/h4-7,12-13H,8-11H2,1-3H3,(H,24,26)(H,25,27). The van der Waals surface area contributed by atoms with Gasteiger partial charge in [0.1, 0.15) is 5.75 Å². The molecule has 0 radical (unpaired) electrons. The molecule has 0 unspecified atom stereocenters. The predicted molar refractivity (Wildman–Crippen MR) is 113 cm³/mol. The number of rotatable bonds is 8. The minimum absolute atomic E-state index is 0.137. The van der Waals surface area contributed by atoms with Crippen molar-refractivity contribution in [2.75, 3.05) is 32.7 Å². The summed E-state index contributed by atoms with van der Waals surface area (Å²) in [6.07, 6.45) is 1.50. The van der Waals surface area contributed by atoms with E-state index < -0.39 is 5.41 Å². The molecule has 0 bridgehead atoms. The number of nitrogens with one attached hydrogen (secondary N) is 2. The highest BCUT2D eigenvalue weighted by Gasteiger charge is 2.51. The summed E-state index contributed by atoms with van der Waals surface area (Å²) in [7, 11) is 3.19. The number of hydrogen-bond acceptors (Lipinski definition) is 4.